The van der Waals surface area contributed by atoms with E-state index in [2.05, 4.69) is 15.5 Å². The number of thioether (sulfide) groups is 1. The first kappa shape index (κ1) is 23.9. The minimum absolute atomic E-state index is 0.113. The zero-order valence-electron chi connectivity index (χ0n) is 19.5. The van der Waals surface area contributed by atoms with Gasteiger partial charge < -0.3 is 10.1 Å². The zero-order chi connectivity index (χ0) is 24.9. The number of aromatic nitrogens is 3. The van der Waals surface area contributed by atoms with Gasteiger partial charge in [0.2, 0.25) is 5.91 Å². The minimum Gasteiger partial charge on any atom is -0.486 e. The molecule has 0 spiro atoms. The maximum Gasteiger partial charge on any atom is 0.237 e. The van der Waals surface area contributed by atoms with Crippen molar-refractivity contribution in [3.63, 3.8) is 0 Å². The third-order valence-electron chi connectivity index (χ3n) is 5.60. The number of hydrogen-bond acceptors (Lipinski definition) is 5. The number of carbonyl (C=O) groups is 1. The van der Waals surface area contributed by atoms with Gasteiger partial charge in [-0.05, 0) is 54.8 Å². The second-order valence-corrected chi connectivity index (χ2v) is 9.83. The number of hydrogen-bond donors (Lipinski definition) is 1. The molecule has 1 amide bonds. The van der Waals surface area contributed by atoms with Gasteiger partial charge in [0.05, 0.1) is 5.25 Å². The Morgan fingerprint density at radius 3 is 2.47 bits per heavy atom. The Bertz CT molecular complexity index is 1480. The maximum atomic E-state index is 13.1. The molecule has 1 heterocycles. The van der Waals surface area contributed by atoms with Crippen molar-refractivity contribution in [2.75, 3.05) is 5.32 Å². The van der Waals surface area contributed by atoms with Crippen molar-refractivity contribution < 1.29 is 9.53 Å². The second-order valence-electron chi connectivity index (χ2n) is 8.09. The Morgan fingerprint density at radius 2 is 1.67 bits per heavy atom. The molecule has 6 nitrogen and oxygen atoms in total. The Kier molecular flexibility index (Phi) is 7.21. The molecule has 1 aromatic heterocycles. The van der Waals surface area contributed by atoms with Gasteiger partial charge in [-0.2, -0.15) is 0 Å². The van der Waals surface area contributed by atoms with Crippen LogP contribution in [0.4, 0.5) is 5.69 Å². The quantitative estimate of drug-likeness (QED) is 0.231. The second kappa shape index (κ2) is 10.8. The third-order valence-corrected chi connectivity index (χ3v) is 6.89. The molecule has 0 aliphatic heterocycles. The molecule has 0 fully saturated rings. The molecule has 0 bridgehead atoms. The summed E-state index contributed by atoms with van der Waals surface area (Å²) >= 11 is 7.32. The first-order valence-corrected chi connectivity index (χ1v) is 12.7. The van der Waals surface area contributed by atoms with Gasteiger partial charge in [-0.15, -0.1) is 10.2 Å². The maximum absolute atomic E-state index is 13.1. The number of anilines is 1. The number of rotatable bonds is 8. The topological polar surface area (TPSA) is 69.0 Å². The number of amides is 1. The highest BCUT2D eigenvalue weighted by molar-refractivity contribution is 8.00. The van der Waals surface area contributed by atoms with E-state index in [-0.39, 0.29) is 12.5 Å². The van der Waals surface area contributed by atoms with Crippen molar-refractivity contribution in [2.45, 2.75) is 23.9 Å². The van der Waals surface area contributed by atoms with Crippen molar-refractivity contribution >= 4 is 45.7 Å². The van der Waals surface area contributed by atoms with Crippen LogP contribution < -0.4 is 10.1 Å². The highest BCUT2D eigenvalue weighted by atomic mass is 35.5. The van der Waals surface area contributed by atoms with Crippen LogP contribution >= 0.6 is 23.4 Å². The fourth-order valence-corrected chi connectivity index (χ4v) is 4.78. The van der Waals surface area contributed by atoms with Gasteiger partial charge in [-0.25, -0.2) is 0 Å². The van der Waals surface area contributed by atoms with E-state index in [9.17, 15) is 4.79 Å². The summed E-state index contributed by atoms with van der Waals surface area (Å²) in [5, 5.41) is 14.7. The number of fused-ring (bicyclic) bond motifs is 1. The van der Waals surface area contributed by atoms with Gasteiger partial charge in [0.15, 0.2) is 11.0 Å². The number of nitrogens with zero attached hydrogens (tertiary/aromatic N) is 3. The normalized spacial score (nSPS) is 11.8. The van der Waals surface area contributed by atoms with Crippen LogP contribution in [-0.2, 0) is 11.4 Å². The zero-order valence-corrected chi connectivity index (χ0v) is 21.0. The average molecular weight is 515 g/mol. The van der Waals surface area contributed by atoms with E-state index in [0.29, 0.717) is 21.8 Å². The van der Waals surface area contributed by atoms with Crippen LogP contribution in [0.3, 0.4) is 0 Å². The molecule has 8 heteroatoms. The number of carbonyl (C=O) groups excluding carboxylic acids is 1. The van der Waals surface area contributed by atoms with Crippen LogP contribution in [-0.4, -0.2) is 25.9 Å². The van der Waals surface area contributed by atoms with Gasteiger partial charge >= 0.3 is 0 Å². The van der Waals surface area contributed by atoms with Crippen molar-refractivity contribution in [1.29, 1.82) is 0 Å². The van der Waals surface area contributed by atoms with Crippen LogP contribution in [0.5, 0.6) is 5.75 Å². The molecule has 180 valence electrons. The Balaban J connectivity index is 1.36. The van der Waals surface area contributed by atoms with E-state index in [1.54, 1.807) is 24.3 Å². The molecule has 1 atom stereocenters. The standard InChI is InChI=1S/C28H23ClN4O2S/c1-19(27(34)30-25-13-7-9-20-8-5-6-12-24(20)25)36-28-32-31-26(33(28)22-10-3-2-4-11-22)18-35-23-16-14-21(29)15-17-23/h2-17,19H,18H2,1H3,(H,30,34)/t19-/m0/s1. The number of nitrogens with one attached hydrogen (secondary N) is 1. The summed E-state index contributed by atoms with van der Waals surface area (Å²) in [7, 11) is 0. The summed E-state index contributed by atoms with van der Waals surface area (Å²) in [5.41, 5.74) is 1.67. The molecule has 4 aromatic carbocycles. The molecular formula is C28H23ClN4O2S. The highest BCUT2D eigenvalue weighted by Gasteiger charge is 2.22. The lowest BCUT2D eigenvalue weighted by Gasteiger charge is -2.15. The molecule has 0 saturated heterocycles. The highest BCUT2D eigenvalue weighted by Crippen LogP contribution is 2.29. The van der Waals surface area contributed by atoms with Crippen LogP contribution in [0, 0.1) is 0 Å². The van der Waals surface area contributed by atoms with Crippen LogP contribution in [0.2, 0.25) is 5.02 Å². The summed E-state index contributed by atoms with van der Waals surface area (Å²) in [6, 6.07) is 30.8. The molecule has 0 unspecified atom stereocenters. The van der Waals surface area contributed by atoms with Crippen molar-refractivity contribution in [1.82, 2.24) is 14.8 Å². The smallest absolute Gasteiger partial charge is 0.237 e. The van der Waals surface area contributed by atoms with Gasteiger partial charge in [-0.3, -0.25) is 9.36 Å². The Hall–Kier alpha value is -3.81. The van der Waals surface area contributed by atoms with E-state index in [1.165, 1.54) is 11.8 Å². The van der Waals surface area contributed by atoms with E-state index in [1.807, 2.05) is 84.3 Å². The molecular weight excluding hydrogens is 492 g/mol. The van der Waals surface area contributed by atoms with Gasteiger partial charge in [0.1, 0.15) is 12.4 Å². The van der Waals surface area contributed by atoms with Crippen molar-refractivity contribution in [3.8, 4) is 11.4 Å². The SMILES string of the molecule is C[C@H](Sc1nnc(COc2ccc(Cl)cc2)n1-c1ccccc1)C(=O)Nc1cccc2ccccc12. The molecule has 0 aliphatic carbocycles. The first-order valence-electron chi connectivity index (χ1n) is 11.4. The lowest BCUT2D eigenvalue weighted by molar-refractivity contribution is -0.115. The minimum atomic E-state index is -0.416. The Morgan fingerprint density at radius 1 is 0.944 bits per heavy atom. The van der Waals surface area contributed by atoms with E-state index >= 15 is 0 Å². The van der Waals surface area contributed by atoms with E-state index in [0.717, 1.165) is 22.1 Å². The molecule has 0 radical (unpaired) electrons. The van der Waals surface area contributed by atoms with E-state index in [4.69, 9.17) is 16.3 Å². The third kappa shape index (κ3) is 5.37. The summed E-state index contributed by atoms with van der Waals surface area (Å²) in [6.07, 6.45) is 0. The summed E-state index contributed by atoms with van der Waals surface area (Å²) in [5.74, 6) is 1.19. The predicted octanol–water partition coefficient (Wildman–Crippen LogP) is 6.77. The van der Waals surface area contributed by atoms with Crippen molar-refractivity contribution in [3.05, 3.63) is 108 Å². The molecule has 0 saturated carbocycles. The van der Waals surface area contributed by atoms with Gasteiger partial charge in [0, 0.05) is 21.8 Å². The molecule has 5 rings (SSSR count). The number of halogens is 1. The molecule has 5 aromatic rings. The lowest BCUT2D eigenvalue weighted by atomic mass is 10.1. The fourth-order valence-electron chi connectivity index (χ4n) is 3.77. The van der Waals surface area contributed by atoms with Crippen LogP contribution in [0.15, 0.2) is 102 Å². The monoisotopic (exact) mass is 514 g/mol. The van der Waals surface area contributed by atoms with Crippen LogP contribution in [0.25, 0.3) is 16.5 Å². The average Bonchev–Trinajstić information content (AvgIpc) is 3.31. The van der Waals surface area contributed by atoms with E-state index < -0.39 is 5.25 Å². The molecule has 0 aliphatic rings. The fraction of sp³-hybridized carbons (Fsp3) is 0.107. The molecule has 36 heavy (non-hydrogen) atoms. The summed E-state index contributed by atoms with van der Waals surface area (Å²) < 4.78 is 7.84. The van der Waals surface area contributed by atoms with Crippen LogP contribution in [0.1, 0.15) is 12.7 Å². The number of benzene rings is 4. The van der Waals surface area contributed by atoms with Gasteiger partial charge in [0.25, 0.3) is 0 Å². The van der Waals surface area contributed by atoms with Gasteiger partial charge in [-0.1, -0.05) is 78.0 Å². The largest absolute Gasteiger partial charge is 0.486 e. The number of ether oxygens (including phenoxy) is 1. The summed E-state index contributed by atoms with van der Waals surface area (Å²) in [6.45, 7) is 2.07. The summed E-state index contributed by atoms with van der Waals surface area (Å²) in [4.78, 5) is 13.1. The van der Waals surface area contributed by atoms with Crippen molar-refractivity contribution in [2.24, 2.45) is 0 Å². The first-order chi connectivity index (χ1) is 17.6. The molecule has 1 N–H and O–H groups in total. The predicted molar refractivity (Wildman–Crippen MR) is 145 cm³/mol. The lowest BCUT2D eigenvalue weighted by Crippen LogP contribution is -2.23. The Labute approximate surface area is 218 Å². The number of para-hydroxylation sites is 1.